The van der Waals surface area contributed by atoms with Gasteiger partial charge in [-0.25, -0.2) is 4.98 Å². The van der Waals surface area contributed by atoms with E-state index in [9.17, 15) is 0 Å². The molecule has 3 aromatic rings. The second kappa shape index (κ2) is 4.88. The van der Waals surface area contributed by atoms with Crippen molar-refractivity contribution in [3.8, 4) is 0 Å². The van der Waals surface area contributed by atoms with Crippen LogP contribution in [0.1, 0.15) is 4.88 Å². The van der Waals surface area contributed by atoms with E-state index in [1.165, 1.54) is 4.88 Å². The van der Waals surface area contributed by atoms with Gasteiger partial charge in [0.05, 0.1) is 12.1 Å². The number of rotatable bonds is 2. The summed E-state index contributed by atoms with van der Waals surface area (Å²) in [5, 5.41) is 2.07. The Morgan fingerprint density at radius 3 is 2.89 bits per heavy atom. The molecule has 0 atom stereocenters. The molecule has 0 aliphatic carbocycles. The zero-order chi connectivity index (χ0) is 12.7. The quantitative estimate of drug-likeness (QED) is 0.626. The highest BCUT2D eigenvalue weighted by atomic mass is 79.9. The minimum Gasteiger partial charge on any atom is -0.329 e. The minimum absolute atomic E-state index is 0.695. The molecule has 3 rings (SSSR count). The van der Waals surface area contributed by atoms with Crippen LogP contribution in [0.5, 0.6) is 0 Å². The summed E-state index contributed by atoms with van der Waals surface area (Å²) in [4.78, 5) is 8.83. The topological polar surface area (TPSA) is 33.6 Å². The second-order valence-corrected chi connectivity index (χ2v) is 6.99. The molecule has 3 nitrogen and oxygen atoms in total. The number of nitrogens with one attached hydrogen (secondary N) is 1. The molecule has 3 aromatic heterocycles. The number of pyridine rings is 1. The Bertz CT molecular complexity index is 772. The summed E-state index contributed by atoms with van der Waals surface area (Å²) in [6.45, 7) is 0.740. The van der Waals surface area contributed by atoms with Crippen LogP contribution < -0.4 is 0 Å². The first kappa shape index (κ1) is 12.5. The molecular formula is C11H7Br2N3S2. The van der Waals surface area contributed by atoms with Gasteiger partial charge in [-0.3, -0.25) is 4.57 Å². The van der Waals surface area contributed by atoms with Crippen LogP contribution in [0, 0.1) is 4.77 Å². The zero-order valence-corrected chi connectivity index (χ0v) is 13.8. The van der Waals surface area contributed by atoms with Crippen LogP contribution in [0.3, 0.4) is 0 Å². The van der Waals surface area contributed by atoms with Gasteiger partial charge in [0.15, 0.2) is 10.4 Å². The van der Waals surface area contributed by atoms with Gasteiger partial charge in [-0.1, -0.05) is 0 Å². The van der Waals surface area contributed by atoms with Crippen molar-refractivity contribution in [2.24, 2.45) is 0 Å². The molecule has 0 fully saturated rings. The number of nitrogens with zero attached hydrogens (tertiary/aromatic N) is 2. The third-order valence-electron chi connectivity index (χ3n) is 2.51. The van der Waals surface area contributed by atoms with Crippen LogP contribution in [-0.4, -0.2) is 14.5 Å². The number of imidazole rings is 1. The number of fused-ring (bicyclic) bond motifs is 1. The molecule has 92 valence electrons. The van der Waals surface area contributed by atoms with Crippen LogP contribution in [0.4, 0.5) is 0 Å². The third kappa shape index (κ3) is 2.32. The van der Waals surface area contributed by atoms with Gasteiger partial charge in [-0.05, 0) is 56.2 Å². The molecule has 0 saturated carbocycles. The molecule has 0 aliphatic rings. The molecule has 0 unspecified atom stereocenters. The number of halogens is 2. The average molecular weight is 405 g/mol. The third-order valence-corrected chi connectivity index (χ3v) is 4.95. The second-order valence-electron chi connectivity index (χ2n) is 3.77. The van der Waals surface area contributed by atoms with E-state index in [1.807, 2.05) is 10.6 Å². The van der Waals surface area contributed by atoms with Crippen LogP contribution in [0.25, 0.3) is 11.2 Å². The van der Waals surface area contributed by atoms with E-state index >= 15 is 0 Å². The van der Waals surface area contributed by atoms with Crippen molar-refractivity contribution in [2.75, 3.05) is 0 Å². The lowest BCUT2D eigenvalue weighted by Crippen LogP contribution is -1.98. The Hall–Kier alpha value is -0.500. The maximum atomic E-state index is 5.35. The summed E-state index contributed by atoms with van der Waals surface area (Å²) in [5.74, 6) is 0. The van der Waals surface area contributed by atoms with E-state index in [4.69, 9.17) is 12.2 Å². The van der Waals surface area contributed by atoms with E-state index in [2.05, 4.69) is 53.3 Å². The molecule has 3 heterocycles. The highest BCUT2D eigenvalue weighted by Gasteiger charge is 2.08. The summed E-state index contributed by atoms with van der Waals surface area (Å²) in [7, 11) is 0. The largest absolute Gasteiger partial charge is 0.329 e. The van der Waals surface area contributed by atoms with Gasteiger partial charge >= 0.3 is 0 Å². The maximum Gasteiger partial charge on any atom is 0.179 e. The molecule has 1 N–H and O–H groups in total. The van der Waals surface area contributed by atoms with Crippen LogP contribution in [0.15, 0.2) is 32.7 Å². The molecule has 0 aromatic carbocycles. The lowest BCUT2D eigenvalue weighted by atomic mass is 10.4. The molecular weight excluding hydrogens is 398 g/mol. The molecule has 0 bridgehead atoms. The van der Waals surface area contributed by atoms with Gasteiger partial charge in [-0.15, -0.1) is 11.3 Å². The summed E-state index contributed by atoms with van der Waals surface area (Å²) in [6, 6.07) is 4.09. The summed E-state index contributed by atoms with van der Waals surface area (Å²) >= 11 is 13.9. The molecule has 18 heavy (non-hydrogen) atoms. The van der Waals surface area contributed by atoms with Crippen LogP contribution in [0.2, 0.25) is 0 Å². The van der Waals surface area contributed by atoms with Gasteiger partial charge < -0.3 is 4.98 Å². The van der Waals surface area contributed by atoms with Crippen molar-refractivity contribution in [3.63, 3.8) is 0 Å². The highest BCUT2D eigenvalue weighted by Crippen LogP contribution is 2.23. The van der Waals surface area contributed by atoms with Crippen molar-refractivity contribution in [3.05, 3.63) is 42.3 Å². The van der Waals surface area contributed by atoms with Gasteiger partial charge in [0.25, 0.3) is 0 Å². The molecule has 0 aliphatic heterocycles. The lowest BCUT2D eigenvalue weighted by molar-refractivity contribution is 0.812. The van der Waals surface area contributed by atoms with E-state index < -0.39 is 0 Å². The van der Waals surface area contributed by atoms with E-state index in [0.29, 0.717) is 4.77 Å². The molecule has 0 spiro atoms. The number of aromatic nitrogens is 3. The van der Waals surface area contributed by atoms with Crippen molar-refractivity contribution < 1.29 is 0 Å². The maximum absolute atomic E-state index is 5.35. The number of thiophene rings is 1. The van der Waals surface area contributed by atoms with Crippen molar-refractivity contribution in [1.29, 1.82) is 0 Å². The van der Waals surface area contributed by atoms with Gasteiger partial charge in [-0.2, -0.15) is 0 Å². The molecule has 0 saturated heterocycles. The number of hydrogen-bond acceptors (Lipinski definition) is 3. The van der Waals surface area contributed by atoms with Gasteiger partial charge in [0.1, 0.15) is 0 Å². The Morgan fingerprint density at radius 1 is 1.33 bits per heavy atom. The SMILES string of the molecule is S=c1[nH]c2cc(Br)cnc2n1Cc1cc(Br)cs1. The molecule has 0 radical (unpaired) electrons. The summed E-state index contributed by atoms with van der Waals surface area (Å²) in [5.41, 5.74) is 1.83. The van der Waals surface area contributed by atoms with Crippen molar-refractivity contribution in [2.45, 2.75) is 6.54 Å². The van der Waals surface area contributed by atoms with Crippen molar-refractivity contribution in [1.82, 2.24) is 14.5 Å². The normalized spacial score (nSPS) is 11.2. The first-order chi connectivity index (χ1) is 8.63. The zero-order valence-electron chi connectivity index (χ0n) is 8.98. The van der Waals surface area contributed by atoms with E-state index in [1.54, 1.807) is 17.5 Å². The number of aromatic amines is 1. The summed E-state index contributed by atoms with van der Waals surface area (Å²) < 4.78 is 4.75. The monoisotopic (exact) mass is 403 g/mol. The van der Waals surface area contributed by atoms with Crippen LogP contribution >= 0.6 is 55.4 Å². The fourth-order valence-electron chi connectivity index (χ4n) is 1.76. The first-order valence-corrected chi connectivity index (χ1v) is 7.98. The van der Waals surface area contributed by atoms with Crippen LogP contribution in [-0.2, 0) is 6.54 Å². The highest BCUT2D eigenvalue weighted by molar-refractivity contribution is 9.10. The minimum atomic E-state index is 0.695. The predicted molar refractivity (Wildman–Crippen MR) is 83.7 cm³/mol. The summed E-state index contributed by atoms with van der Waals surface area (Å²) in [6.07, 6.45) is 1.78. The number of H-pyrrole nitrogens is 1. The fourth-order valence-corrected chi connectivity index (χ4v) is 3.79. The fraction of sp³-hybridized carbons (Fsp3) is 0.0909. The Balaban J connectivity index is 2.11. The van der Waals surface area contributed by atoms with E-state index in [0.717, 1.165) is 26.7 Å². The molecule has 7 heteroatoms. The Morgan fingerprint density at radius 2 is 2.17 bits per heavy atom. The Labute approximate surface area is 129 Å². The van der Waals surface area contributed by atoms with E-state index in [-0.39, 0.29) is 0 Å². The van der Waals surface area contributed by atoms with Crippen molar-refractivity contribution >= 4 is 66.6 Å². The Kier molecular flexibility index (Phi) is 3.40. The molecule has 0 amide bonds. The van der Waals surface area contributed by atoms with Gasteiger partial charge in [0, 0.05) is 25.4 Å². The predicted octanol–water partition coefficient (Wildman–Crippen LogP) is 4.73. The van der Waals surface area contributed by atoms with Gasteiger partial charge in [0.2, 0.25) is 0 Å². The first-order valence-electron chi connectivity index (χ1n) is 5.10. The average Bonchev–Trinajstić information content (AvgIpc) is 2.84. The number of hydrogen-bond donors (Lipinski definition) is 1. The standard InChI is InChI=1S/C11H7Br2N3S2/c12-6-2-9-10(14-3-6)16(11(17)15-9)4-8-1-7(13)5-18-8/h1-3,5H,4H2,(H,15,17). The lowest BCUT2D eigenvalue weighted by Gasteiger charge is -2.01. The smallest absolute Gasteiger partial charge is 0.179 e.